The predicted octanol–water partition coefficient (Wildman–Crippen LogP) is 25.7. The lowest BCUT2D eigenvalue weighted by molar-refractivity contribution is -0.167. The predicted molar refractivity (Wildman–Crippen MR) is 362 cm³/mol. The fourth-order valence-electron chi connectivity index (χ4n) is 11.3. The van der Waals surface area contributed by atoms with E-state index in [1.54, 1.807) is 0 Å². The lowest BCUT2D eigenvalue weighted by Crippen LogP contribution is -2.30. The Morgan fingerprint density at radius 2 is 0.470 bits per heavy atom. The third-order valence-corrected chi connectivity index (χ3v) is 16.8. The third-order valence-electron chi connectivity index (χ3n) is 16.8. The first-order valence-electron chi connectivity index (χ1n) is 37.1. The normalized spacial score (nSPS) is 12.3. The maximum atomic E-state index is 12.9. The summed E-state index contributed by atoms with van der Waals surface area (Å²) >= 11 is 0. The van der Waals surface area contributed by atoms with Crippen molar-refractivity contribution < 1.29 is 28.6 Å². The van der Waals surface area contributed by atoms with Crippen LogP contribution in [0.15, 0.2) is 48.6 Å². The summed E-state index contributed by atoms with van der Waals surface area (Å²) in [5, 5.41) is 0. The highest BCUT2D eigenvalue weighted by atomic mass is 16.6. The second kappa shape index (κ2) is 71.8. The van der Waals surface area contributed by atoms with Crippen molar-refractivity contribution in [1.82, 2.24) is 0 Å². The Morgan fingerprint density at radius 3 is 0.759 bits per heavy atom. The molecule has 0 bridgehead atoms. The number of unbranched alkanes of at least 4 members (excludes halogenated alkanes) is 50. The highest BCUT2D eigenvalue weighted by molar-refractivity contribution is 5.71. The van der Waals surface area contributed by atoms with Crippen LogP contribution >= 0.6 is 0 Å². The summed E-state index contributed by atoms with van der Waals surface area (Å²) in [5.74, 6) is -0.880. The number of allylic oxidation sites excluding steroid dienone is 8. The number of rotatable bonds is 69. The Bertz CT molecular complexity index is 1430. The van der Waals surface area contributed by atoms with E-state index in [1.807, 2.05) is 0 Å². The van der Waals surface area contributed by atoms with Gasteiger partial charge >= 0.3 is 17.9 Å². The van der Waals surface area contributed by atoms with Crippen molar-refractivity contribution in [2.75, 3.05) is 13.2 Å². The molecule has 0 heterocycles. The topological polar surface area (TPSA) is 78.9 Å². The van der Waals surface area contributed by atoms with E-state index in [0.29, 0.717) is 19.3 Å². The van der Waals surface area contributed by atoms with Crippen molar-refractivity contribution in [2.24, 2.45) is 0 Å². The average molecular weight is 1160 g/mol. The van der Waals surface area contributed by atoms with Crippen LogP contribution in [0.2, 0.25) is 0 Å². The molecule has 0 aliphatic carbocycles. The van der Waals surface area contributed by atoms with Crippen LogP contribution in [0.5, 0.6) is 0 Å². The molecule has 0 aromatic carbocycles. The van der Waals surface area contributed by atoms with Gasteiger partial charge in [0.25, 0.3) is 0 Å². The van der Waals surface area contributed by atoms with Crippen LogP contribution in [0, 0.1) is 0 Å². The molecular weight excluding hydrogens is 1020 g/mol. The van der Waals surface area contributed by atoms with Gasteiger partial charge in [-0.15, -0.1) is 0 Å². The average Bonchev–Trinajstić information content (AvgIpc) is 3.49. The van der Waals surface area contributed by atoms with Gasteiger partial charge in [-0.2, -0.15) is 0 Å². The van der Waals surface area contributed by atoms with E-state index in [0.717, 1.165) is 83.5 Å². The largest absolute Gasteiger partial charge is 0.462 e. The highest BCUT2D eigenvalue weighted by Gasteiger charge is 2.19. The van der Waals surface area contributed by atoms with E-state index in [-0.39, 0.29) is 31.1 Å². The van der Waals surface area contributed by atoms with Gasteiger partial charge in [0.1, 0.15) is 13.2 Å². The number of ether oxygens (including phenoxy) is 3. The van der Waals surface area contributed by atoms with E-state index in [1.165, 1.54) is 283 Å². The van der Waals surface area contributed by atoms with Crippen molar-refractivity contribution in [1.29, 1.82) is 0 Å². The van der Waals surface area contributed by atoms with Gasteiger partial charge in [-0.3, -0.25) is 14.4 Å². The van der Waals surface area contributed by atoms with Crippen LogP contribution in [0.25, 0.3) is 0 Å². The van der Waals surface area contributed by atoms with E-state index in [2.05, 4.69) is 69.4 Å². The fraction of sp³-hybridized carbons (Fsp3) is 0.857. The molecule has 0 saturated heterocycles. The number of esters is 3. The number of hydrogen-bond donors (Lipinski definition) is 0. The number of carbonyl (C=O) groups is 3. The SMILES string of the molecule is CC/C=C\C/C=C\C/C=C\CCCCCC(=O)OCC(COC(=O)CCCCCCCCCCCCCCCCCCCCCCC/C=C\CCCCCCCCCC)OC(=O)CCCCCCCCCCCCCCCCCCCCC. The molecular formula is C77H142O6. The summed E-state index contributed by atoms with van der Waals surface area (Å²) in [7, 11) is 0. The Labute approximate surface area is 518 Å². The summed E-state index contributed by atoms with van der Waals surface area (Å²) in [6, 6.07) is 0. The van der Waals surface area contributed by atoms with Gasteiger partial charge in [0, 0.05) is 19.3 Å². The molecule has 6 nitrogen and oxygen atoms in total. The molecule has 0 N–H and O–H groups in total. The third kappa shape index (κ3) is 70.0. The molecule has 1 unspecified atom stereocenters. The Balaban J connectivity index is 4.12. The van der Waals surface area contributed by atoms with Crippen LogP contribution in [-0.2, 0) is 28.6 Å². The quantitative estimate of drug-likeness (QED) is 0.0261. The van der Waals surface area contributed by atoms with Crippen LogP contribution < -0.4 is 0 Å². The van der Waals surface area contributed by atoms with Crippen LogP contribution in [0.4, 0.5) is 0 Å². The second-order valence-electron chi connectivity index (χ2n) is 25.2. The lowest BCUT2D eigenvalue weighted by atomic mass is 10.0. The van der Waals surface area contributed by atoms with Crippen molar-refractivity contribution in [2.45, 2.75) is 412 Å². The molecule has 486 valence electrons. The summed E-state index contributed by atoms with van der Waals surface area (Å²) in [6.07, 6.45) is 91.8. The van der Waals surface area contributed by atoms with E-state index < -0.39 is 6.10 Å². The Morgan fingerprint density at radius 1 is 0.253 bits per heavy atom. The molecule has 0 fully saturated rings. The number of carbonyl (C=O) groups excluding carboxylic acids is 3. The maximum Gasteiger partial charge on any atom is 0.306 e. The first kappa shape index (κ1) is 80.4. The standard InChI is InChI=1S/C77H142O6/c1-4-7-10-13-16-19-22-25-27-29-31-32-33-34-35-36-37-38-39-40-41-42-43-44-46-47-49-52-55-58-61-64-67-70-76(79)82-73-74(72-81-75(78)69-66-63-60-57-54-51-24-21-18-15-12-9-6-3)83-77(80)71-68-65-62-59-56-53-50-48-45-30-28-26-23-20-17-14-11-8-5-2/h9,12,18,21,29,31,51,54,74H,4-8,10-11,13-17,19-20,22-28,30,32-50,52-53,55-73H2,1-3H3/b12-9-,21-18-,31-29-,54-51-. The van der Waals surface area contributed by atoms with Crippen LogP contribution in [-0.4, -0.2) is 37.2 Å². The molecule has 0 aromatic rings. The Kier molecular flexibility index (Phi) is 69.6. The summed E-state index contributed by atoms with van der Waals surface area (Å²) in [4.78, 5) is 38.4. The molecule has 6 heteroatoms. The molecule has 0 spiro atoms. The van der Waals surface area contributed by atoms with Gasteiger partial charge < -0.3 is 14.2 Å². The van der Waals surface area contributed by atoms with Crippen molar-refractivity contribution in [3.63, 3.8) is 0 Å². The maximum absolute atomic E-state index is 12.9. The second-order valence-corrected chi connectivity index (χ2v) is 25.2. The lowest BCUT2D eigenvalue weighted by Gasteiger charge is -2.18. The molecule has 0 aliphatic rings. The zero-order valence-corrected chi connectivity index (χ0v) is 56.0. The molecule has 0 amide bonds. The van der Waals surface area contributed by atoms with Gasteiger partial charge in [0.05, 0.1) is 0 Å². The van der Waals surface area contributed by atoms with Gasteiger partial charge in [-0.05, 0) is 77.0 Å². The molecule has 0 radical (unpaired) electrons. The molecule has 0 rings (SSSR count). The molecule has 0 aliphatic heterocycles. The van der Waals surface area contributed by atoms with Gasteiger partial charge in [-0.1, -0.05) is 358 Å². The Hall–Kier alpha value is -2.63. The van der Waals surface area contributed by atoms with E-state index in [4.69, 9.17) is 14.2 Å². The van der Waals surface area contributed by atoms with E-state index in [9.17, 15) is 14.4 Å². The minimum atomic E-state index is -0.783. The zero-order valence-electron chi connectivity index (χ0n) is 56.0. The van der Waals surface area contributed by atoms with Gasteiger partial charge in [-0.25, -0.2) is 0 Å². The zero-order chi connectivity index (χ0) is 59.9. The van der Waals surface area contributed by atoms with Crippen molar-refractivity contribution >= 4 is 17.9 Å². The van der Waals surface area contributed by atoms with E-state index >= 15 is 0 Å². The van der Waals surface area contributed by atoms with Gasteiger partial charge in [0.2, 0.25) is 0 Å². The summed E-state index contributed by atoms with van der Waals surface area (Å²) in [6.45, 7) is 6.57. The molecule has 0 saturated carbocycles. The number of hydrogen-bond acceptors (Lipinski definition) is 6. The molecule has 1 atom stereocenters. The highest BCUT2D eigenvalue weighted by Crippen LogP contribution is 2.19. The minimum absolute atomic E-state index is 0.0771. The smallest absolute Gasteiger partial charge is 0.306 e. The van der Waals surface area contributed by atoms with Crippen LogP contribution in [0.1, 0.15) is 406 Å². The monoisotopic (exact) mass is 1160 g/mol. The summed E-state index contributed by atoms with van der Waals surface area (Å²) in [5.41, 5.74) is 0. The van der Waals surface area contributed by atoms with Gasteiger partial charge in [0.15, 0.2) is 6.10 Å². The first-order chi connectivity index (χ1) is 41.0. The van der Waals surface area contributed by atoms with Crippen molar-refractivity contribution in [3.8, 4) is 0 Å². The fourth-order valence-corrected chi connectivity index (χ4v) is 11.3. The summed E-state index contributed by atoms with van der Waals surface area (Å²) < 4.78 is 17.0. The first-order valence-corrected chi connectivity index (χ1v) is 37.1. The van der Waals surface area contributed by atoms with Crippen LogP contribution in [0.3, 0.4) is 0 Å². The minimum Gasteiger partial charge on any atom is -0.462 e. The molecule has 0 aromatic heterocycles. The van der Waals surface area contributed by atoms with Crippen molar-refractivity contribution in [3.05, 3.63) is 48.6 Å². The molecule has 83 heavy (non-hydrogen) atoms.